The summed E-state index contributed by atoms with van der Waals surface area (Å²) in [6, 6.07) is 5.45. The van der Waals surface area contributed by atoms with E-state index in [1.807, 2.05) is 0 Å². The molecule has 0 atom stereocenters. The molecule has 1 aromatic rings. The van der Waals surface area contributed by atoms with Crippen molar-refractivity contribution in [1.29, 1.82) is 5.26 Å². The second-order valence-corrected chi connectivity index (χ2v) is 6.21. The third-order valence-electron chi connectivity index (χ3n) is 4.02. The molecule has 132 valence electrons. The van der Waals surface area contributed by atoms with Crippen molar-refractivity contribution in [3.63, 3.8) is 0 Å². The van der Waals surface area contributed by atoms with E-state index in [1.165, 1.54) is 6.07 Å². The molecule has 25 heavy (non-hydrogen) atoms. The minimum absolute atomic E-state index is 0.0762. The highest BCUT2D eigenvalue weighted by molar-refractivity contribution is 6.33. The van der Waals surface area contributed by atoms with E-state index in [9.17, 15) is 25.0 Å². The Labute approximate surface area is 148 Å². The van der Waals surface area contributed by atoms with Gasteiger partial charge in [-0.1, -0.05) is 30.9 Å². The fraction of sp³-hybridized carbons (Fsp3) is 0.438. The Morgan fingerprint density at radius 2 is 2.04 bits per heavy atom. The minimum atomic E-state index is -0.910. The maximum absolute atomic E-state index is 12.0. The molecule has 1 aliphatic rings. The van der Waals surface area contributed by atoms with E-state index in [0.717, 1.165) is 31.4 Å². The van der Waals surface area contributed by atoms with E-state index < -0.39 is 28.9 Å². The summed E-state index contributed by atoms with van der Waals surface area (Å²) in [5, 5.41) is 22.4. The van der Waals surface area contributed by atoms with Crippen LogP contribution in [0.2, 0.25) is 5.02 Å². The Morgan fingerprint density at radius 3 is 2.60 bits per heavy atom. The lowest BCUT2D eigenvalue weighted by Crippen LogP contribution is -2.50. The molecule has 0 radical (unpaired) electrons. The fourth-order valence-corrected chi connectivity index (χ4v) is 2.97. The van der Waals surface area contributed by atoms with Gasteiger partial charge in [-0.15, -0.1) is 0 Å². The molecule has 0 aliphatic heterocycles. The monoisotopic (exact) mass is 365 g/mol. The Kier molecular flexibility index (Phi) is 5.93. The lowest BCUT2D eigenvalue weighted by Gasteiger charge is -2.31. The van der Waals surface area contributed by atoms with Gasteiger partial charge in [-0.3, -0.25) is 14.9 Å². The van der Waals surface area contributed by atoms with Gasteiger partial charge in [0.15, 0.2) is 6.61 Å². The maximum atomic E-state index is 12.0. The first kappa shape index (κ1) is 18.7. The Balaban J connectivity index is 1.94. The quantitative estimate of drug-likeness (QED) is 0.486. The smallest absolute Gasteiger partial charge is 0.340 e. The molecule has 8 nitrogen and oxygen atoms in total. The topological polar surface area (TPSA) is 122 Å². The number of nitrogens with one attached hydrogen (secondary N) is 1. The standard InChI is InChI=1S/C16H16ClN3O5/c17-13-8-11(20(23)24)4-5-12(13)15(22)25-9-14(21)19-16(10-18)6-2-1-3-7-16/h4-5,8H,1-3,6-7,9H2,(H,19,21). The third-order valence-corrected chi connectivity index (χ3v) is 4.33. The molecule has 1 aliphatic carbocycles. The number of carbonyl (C=O) groups is 2. The molecule has 1 amide bonds. The second kappa shape index (κ2) is 7.94. The second-order valence-electron chi connectivity index (χ2n) is 5.80. The van der Waals surface area contributed by atoms with Gasteiger partial charge in [0.05, 0.1) is 21.6 Å². The van der Waals surface area contributed by atoms with Crippen LogP contribution in [0, 0.1) is 21.4 Å². The van der Waals surface area contributed by atoms with E-state index >= 15 is 0 Å². The molecule has 0 heterocycles. The summed E-state index contributed by atoms with van der Waals surface area (Å²) in [7, 11) is 0. The van der Waals surface area contributed by atoms with Gasteiger partial charge < -0.3 is 10.1 Å². The molecule has 1 N–H and O–H groups in total. The number of ether oxygens (including phenoxy) is 1. The van der Waals surface area contributed by atoms with Crippen molar-refractivity contribution in [2.75, 3.05) is 6.61 Å². The average molecular weight is 366 g/mol. The number of amides is 1. The molecule has 0 aromatic heterocycles. The number of esters is 1. The van der Waals surface area contributed by atoms with Crippen LogP contribution in [0.5, 0.6) is 0 Å². The molecular formula is C16H16ClN3O5. The maximum Gasteiger partial charge on any atom is 0.340 e. The number of nitriles is 1. The number of nitro benzene ring substituents is 1. The highest BCUT2D eigenvalue weighted by Crippen LogP contribution is 2.27. The first-order valence-electron chi connectivity index (χ1n) is 7.70. The van der Waals surface area contributed by atoms with Gasteiger partial charge in [0, 0.05) is 12.1 Å². The zero-order chi connectivity index (χ0) is 18.4. The Hall–Kier alpha value is -2.66. The summed E-state index contributed by atoms with van der Waals surface area (Å²) < 4.78 is 4.89. The summed E-state index contributed by atoms with van der Waals surface area (Å²) in [6.07, 6.45) is 3.86. The molecular weight excluding hydrogens is 350 g/mol. The molecule has 2 rings (SSSR count). The molecule has 0 bridgehead atoms. The SMILES string of the molecule is N#CC1(NC(=O)COC(=O)c2ccc([N+](=O)[O-])cc2Cl)CCCCC1. The lowest BCUT2D eigenvalue weighted by molar-refractivity contribution is -0.384. The van der Waals surface area contributed by atoms with Crippen LogP contribution in [-0.2, 0) is 9.53 Å². The van der Waals surface area contributed by atoms with E-state index in [-0.39, 0.29) is 16.3 Å². The summed E-state index contributed by atoms with van der Waals surface area (Å²) >= 11 is 5.83. The van der Waals surface area contributed by atoms with Gasteiger partial charge in [-0.05, 0) is 18.9 Å². The summed E-state index contributed by atoms with van der Waals surface area (Å²) in [5.41, 5.74) is -1.24. The molecule has 9 heteroatoms. The van der Waals surface area contributed by atoms with E-state index in [4.69, 9.17) is 16.3 Å². The number of hydrogen-bond donors (Lipinski definition) is 1. The van der Waals surface area contributed by atoms with Gasteiger partial charge in [0.1, 0.15) is 5.54 Å². The molecule has 0 unspecified atom stereocenters. The number of carbonyl (C=O) groups excluding carboxylic acids is 2. The van der Waals surface area contributed by atoms with Gasteiger partial charge in [-0.2, -0.15) is 5.26 Å². The number of hydrogen-bond acceptors (Lipinski definition) is 6. The number of nitrogens with zero attached hydrogens (tertiary/aromatic N) is 2. The van der Waals surface area contributed by atoms with E-state index in [2.05, 4.69) is 11.4 Å². The first-order chi connectivity index (χ1) is 11.9. The average Bonchev–Trinajstić information content (AvgIpc) is 2.60. The van der Waals surface area contributed by atoms with Gasteiger partial charge in [0.25, 0.3) is 11.6 Å². The molecule has 1 aromatic carbocycles. The minimum Gasteiger partial charge on any atom is -0.452 e. The van der Waals surface area contributed by atoms with Crippen LogP contribution < -0.4 is 5.32 Å². The number of benzene rings is 1. The molecule has 0 saturated heterocycles. The zero-order valence-corrected chi connectivity index (χ0v) is 14.0. The largest absolute Gasteiger partial charge is 0.452 e. The van der Waals surface area contributed by atoms with E-state index in [0.29, 0.717) is 12.8 Å². The number of nitro groups is 1. The van der Waals surface area contributed by atoms with Crippen LogP contribution in [0.4, 0.5) is 5.69 Å². The van der Waals surface area contributed by atoms with Gasteiger partial charge >= 0.3 is 5.97 Å². The van der Waals surface area contributed by atoms with Crippen molar-refractivity contribution >= 4 is 29.2 Å². The normalized spacial score (nSPS) is 15.7. The van der Waals surface area contributed by atoms with Crippen molar-refractivity contribution in [2.24, 2.45) is 0 Å². The summed E-state index contributed by atoms with van der Waals surface area (Å²) in [6.45, 7) is -0.560. The van der Waals surface area contributed by atoms with Crippen molar-refractivity contribution < 1.29 is 19.2 Å². The lowest BCUT2D eigenvalue weighted by atomic mass is 9.83. The predicted octanol–water partition coefficient (Wildman–Crippen LogP) is 2.75. The third kappa shape index (κ3) is 4.67. The van der Waals surface area contributed by atoms with Crippen LogP contribution >= 0.6 is 11.6 Å². The highest BCUT2D eigenvalue weighted by Gasteiger charge is 2.33. The van der Waals surface area contributed by atoms with Crippen LogP contribution in [0.3, 0.4) is 0 Å². The van der Waals surface area contributed by atoms with E-state index in [1.54, 1.807) is 0 Å². The summed E-state index contributed by atoms with van der Waals surface area (Å²) in [5.74, 6) is -1.44. The molecule has 1 saturated carbocycles. The van der Waals surface area contributed by atoms with Crippen LogP contribution in [0.1, 0.15) is 42.5 Å². The number of halogens is 1. The van der Waals surface area contributed by atoms with Crippen LogP contribution in [0.25, 0.3) is 0 Å². The number of rotatable bonds is 5. The van der Waals surface area contributed by atoms with Crippen molar-refractivity contribution in [2.45, 2.75) is 37.6 Å². The van der Waals surface area contributed by atoms with Gasteiger partial charge in [0.2, 0.25) is 0 Å². The Bertz CT molecular complexity index is 738. The summed E-state index contributed by atoms with van der Waals surface area (Å²) in [4.78, 5) is 34.0. The van der Waals surface area contributed by atoms with Crippen LogP contribution in [0.15, 0.2) is 18.2 Å². The van der Waals surface area contributed by atoms with Crippen molar-refractivity contribution in [3.8, 4) is 6.07 Å². The highest BCUT2D eigenvalue weighted by atomic mass is 35.5. The number of non-ortho nitro benzene ring substituents is 1. The van der Waals surface area contributed by atoms with Gasteiger partial charge in [-0.25, -0.2) is 4.79 Å². The molecule has 0 spiro atoms. The zero-order valence-electron chi connectivity index (χ0n) is 13.3. The van der Waals surface area contributed by atoms with Crippen molar-refractivity contribution in [3.05, 3.63) is 38.9 Å². The predicted molar refractivity (Wildman–Crippen MR) is 88.0 cm³/mol. The van der Waals surface area contributed by atoms with Crippen molar-refractivity contribution in [1.82, 2.24) is 5.32 Å². The van der Waals surface area contributed by atoms with Crippen LogP contribution in [-0.4, -0.2) is 28.9 Å². The molecule has 1 fully saturated rings. The Morgan fingerprint density at radius 1 is 1.36 bits per heavy atom. The fourth-order valence-electron chi connectivity index (χ4n) is 2.72. The first-order valence-corrected chi connectivity index (χ1v) is 8.08.